The van der Waals surface area contributed by atoms with E-state index in [1.165, 1.54) is 0 Å². The second kappa shape index (κ2) is 4.13. The molecule has 6 heteroatoms. The third kappa shape index (κ3) is 1.88. The van der Waals surface area contributed by atoms with Gasteiger partial charge in [-0.15, -0.1) is 0 Å². The first-order valence-electron chi connectivity index (χ1n) is 5.46. The fraction of sp³-hybridized carbons (Fsp3) is 0.167. The van der Waals surface area contributed by atoms with Gasteiger partial charge in [0, 0.05) is 10.7 Å². The predicted octanol–water partition coefficient (Wildman–Crippen LogP) is 2.73. The van der Waals surface area contributed by atoms with E-state index in [0.717, 1.165) is 27.2 Å². The number of pyridine rings is 1. The molecule has 3 rings (SSSR count). The van der Waals surface area contributed by atoms with E-state index >= 15 is 0 Å². The van der Waals surface area contributed by atoms with Crippen LogP contribution in [0.2, 0.25) is 0 Å². The highest BCUT2D eigenvalue weighted by atomic mass is 79.9. The summed E-state index contributed by atoms with van der Waals surface area (Å²) in [5, 5.41) is 0. The lowest BCUT2D eigenvalue weighted by molar-refractivity contribution is 0.473. The van der Waals surface area contributed by atoms with E-state index in [9.17, 15) is 0 Å². The Bertz CT molecular complexity index is 716. The predicted molar refractivity (Wildman–Crippen MR) is 72.2 cm³/mol. The molecule has 18 heavy (non-hydrogen) atoms. The summed E-state index contributed by atoms with van der Waals surface area (Å²) in [6.45, 7) is 2.44. The summed E-state index contributed by atoms with van der Waals surface area (Å²) in [7, 11) is 0. The van der Waals surface area contributed by atoms with E-state index in [-0.39, 0.29) is 0 Å². The van der Waals surface area contributed by atoms with Crippen LogP contribution in [0.25, 0.3) is 11.2 Å². The largest absolute Gasteiger partial charge is 0.464 e. The highest BCUT2D eigenvalue weighted by Crippen LogP contribution is 2.21. The zero-order valence-electron chi connectivity index (χ0n) is 9.72. The van der Waals surface area contributed by atoms with Crippen molar-refractivity contribution >= 4 is 33.0 Å². The maximum absolute atomic E-state index is 5.91. The molecule has 0 aliphatic heterocycles. The van der Waals surface area contributed by atoms with Crippen LogP contribution >= 0.6 is 15.9 Å². The minimum absolute atomic E-state index is 0.435. The van der Waals surface area contributed by atoms with Crippen molar-refractivity contribution in [1.29, 1.82) is 0 Å². The van der Waals surface area contributed by atoms with Crippen LogP contribution in [-0.2, 0) is 6.54 Å². The van der Waals surface area contributed by atoms with E-state index in [1.54, 1.807) is 6.20 Å². The molecule has 5 nitrogen and oxygen atoms in total. The average molecular weight is 307 g/mol. The number of furan rings is 1. The molecule has 0 fully saturated rings. The first-order valence-corrected chi connectivity index (χ1v) is 6.25. The molecule has 0 amide bonds. The topological polar surface area (TPSA) is 69.9 Å². The summed E-state index contributed by atoms with van der Waals surface area (Å²) in [6.07, 6.45) is 1.73. The van der Waals surface area contributed by atoms with E-state index < -0.39 is 0 Å². The van der Waals surface area contributed by atoms with E-state index in [4.69, 9.17) is 10.2 Å². The number of hydrogen-bond donors (Lipinski definition) is 1. The number of anilines is 1. The van der Waals surface area contributed by atoms with Gasteiger partial charge in [0.2, 0.25) is 5.95 Å². The van der Waals surface area contributed by atoms with Crippen LogP contribution in [0.5, 0.6) is 0 Å². The van der Waals surface area contributed by atoms with Crippen molar-refractivity contribution in [3.05, 3.63) is 40.4 Å². The van der Waals surface area contributed by atoms with Crippen molar-refractivity contribution in [2.24, 2.45) is 0 Å². The fourth-order valence-corrected chi connectivity index (χ4v) is 2.20. The van der Waals surface area contributed by atoms with Crippen LogP contribution in [0, 0.1) is 6.92 Å². The highest BCUT2D eigenvalue weighted by molar-refractivity contribution is 9.10. The third-order valence-corrected chi connectivity index (χ3v) is 3.12. The van der Waals surface area contributed by atoms with E-state index in [2.05, 4.69) is 25.9 Å². The van der Waals surface area contributed by atoms with Gasteiger partial charge in [-0.05, 0) is 41.1 Å². The molecule has 3 aromatic rings. The average Bonchev–Trinajstić information content (AvgIpc) is 2.84. The van der Waals surface area contributed by atoms with Crippen molar-refractivity contribution in [2.75, 3.05) is 5.73 Å². The number of aryl methyl sites for hydroxylation is 1. The smallest absolute Gasteiger partial charge is 0.202 e. The second-order valence-electron chi connectivity index (χ2n) is 4.06. The SMILES string of the molecule is Cc1ccc(Cn2c(N)nc3cc(Br)cnc32)o1. The van der Waals surface area contributed by atoms with Gasteiger partial charge in [0.05, 0.1) is 6.54 Å². The maximum atomic E-state index is 5.91. The first-order chi connectivity index (χ1) is 8.63. The number of nitrogens with zero attached hydrogens (tertiary/aromatic N) is 3. The number of rotatable bonds is 2. The van der Waals surface area contributed by atoms with Gasteiger partial charge in [0.25, 0.3) is 0 Å². The number of fused-ring (bicyclic) bond motifs is 1. The summed E-state index contributed by atoms with van der Waals surface area (Å²) in [4.78, 5) is 8.62. The number of nitrogens with two attached hydrogens (primary N) is 1. The van der Waals surface area contributed by atoms with Crippen molar-refractivity contribution in [3.63, 3.8) is 0 Å². The minimum atomic E-state index is 0.435. The standard InChI is InChI=1S/C12H11BrN4O/c1-7-2-3-9(18-7)6-17-11-10(16-12(17)14)4-8(13)5-15-11/h2-5H,6H2,1H3,(H2,14,16). The lowest BCUT2D eigenvalue weighted by Gasteiger charge is -2.03. The molecule has 0 unspecified atom stereocenters. The lowest BCUT2D eigenvalue weighted by Crippen LogP contribution is -2.04. The number of halogens is 1. The lowest BCUT2D eigenvalue weighted by atomic mass is 10.4. The Kier molecular flexibility index (Phi) is 2.59. The molecule has 2 N–H and O–H groups in total. The fourth-order valence-electron chi connectivity index (χ4n) is 1.89. The van der Waals surface area contributed by atoms with Gasteiger partial charge in [-0.3, -0.25) is 4.57 Å². The van der Waals surface area contributed by atoms with Crippen LogP contribution in [0.15, 0.2) is 33.3 Å². The van der Waals surface area contributed by atoms with Crippen LogP contribution in [-0.4, -0.2) is 14.5 Å². The van der Waals surface area contributed by atoms with Crippen LogP contribution in [0.3, 0.4) is 0 Å². The van der Waals surface area contributed by atoms with Crippen molar-refractivity contribution < 1.29 is 4.42 Å². The van der Waals surface area contributed by atoms with E-state index in [0.29, 0.717) is 12.5 Å². The molecule has 0 aliphatic carbocycles. The van der Waals surface area contributed by atoms with E-state index in [1.807, 2.05) is 29.7 Å². The van der Waals surface area contributed by atoms with Crippen LogP contribution in [0.1, 0.15) is 11.5 Å². The monoisotopic (exact) mass is 306 g/mol. The Balaban J connectivity index is 2.08. The Labute approximate surface area is 112 Å². The third-order valence-electron chi connectivity index (χ3n) is 2.69. The molecule has 0 spiro atoms. The molecule has 0 saturated carbocycles. The van der Waals surface area contributed by atoms with Crippen LogP contribution < -0.4 is 5.73 Å². The Morgan fingerprint density at radius 3 is 3.00 bits per heavy atom. The van der Waals surface area contributed by atoms with Crippen molar-refractivity contribution in [2.45, 2.75) is 13.5 Å². The van der Waals surface area contributed by atoms with Gasteiger partial charge in [-0.1, -0.05) is 0 Å². The molecule has 0 saturated heterocycles. The van der Waals surface area contributed by atoms with Gasteiger partial charge in [0.15, 0.2) is 5.65 Å². The minimum Gasteiger partial charge on any atom is -0.464 e. The highest BCUT2D eigenvalue weighted by Gasteiger charge is 2.11. The second-order valence-corrected chi connectivity index (χ2v) is 4.98. The van der Waals surface area contributed by atoms with Gasteiger partial charge < -0.3 is 10.2 Å². The summed E-state index contributed by atoms with van der Waals surface area (Å²) < 4.78 is 8.26. The summed E-state index contributed by atoms with van der Waals surface area (Å²) in [5.74, 6) is 2.15. The Hall–Kier alpha value is -1.82. The molecule has 0 aromatic carbocycles. The molecule has 0 aliphatic rings. The zero-order chi connectivity index (χ0) is 12.7. The quantitative estimate of drug-likeness (QED) is 0.790. The number of imidazole rings is 1. The molecule has 92 valence electrons. The molecule has 0 atom stereocenters. The number of nitrogen functional groups attached to an aromatic ring is 1. The first kappa shape index (κ1) is 11.3. The van der Waals surface area contributed by atoms with Crippen molar-refractivity contribution in [3.8, 4) is 0 Å². The Morgan fingerprint density at radius 1 is 1.44 bits per heavy atom. The molecule has 3 heterocycles. The van der Waals surface area contributed by atoms with Crippen LogP contribution in [0.4, 0.5) is 5.95 Å². The molecule has 3 aromatic heterocycles. The van der Waals surface area contributed by atoms with Gasteiger partial charge in [-0.25, -0.2) is 9.97 Å². The molecular formula is C12H11BrN4O. The summed E-state index contributed by atoms with van der Waals surface area (Å²) in [5.41, 5.74) is 7.44. The normalized spacial score (nSPS) is 11.2. The number of aromatic nitrogens is 3. The molecule has 0 radical (unpaired) electrons. The zero-order valence-corrected chi connectivity index (χ0v) is 11.3. The number of hydrogen-bond acceptors (Lipinski definition) is 4. The summed E-state index contributed by atoms with van der Waals surface area (Å²) in [6, 6.07) is 5.75. The van der Waals surface area contributed by atoms with Gasteiger partial charge in [0.1, 0.15) is 17.0 Å². The maximum Gasteiger partial charge on any atom is 0.202 e. The van der Waals surface area contributed by atoms with Crippen molar-refractivity contribution in [1.82, 2.24) is 14.5 Å². The molecule has 0 bridgehead atoms. The molecular weight excluding hydrogens is 296 g/mol. The Morgan fingerprint density at radius 2 is 2.28 bits per heavy atom. The summed E-state index contributed by atoms with van der Waals surface area (Å²) >= 11 is 3.37. The van der Waals surface area contributed by atoms with Gasteiger partial charge in [-0.2, -0.15) is 0 Å². The van der Waals surface area contributed by atoms with Gasteiger partial charge >= 0.3 is 0 Å².